The molecule has 3 heterocycles. The Hall–Kier alpha value is -2.56. The van der Waals surface area contributed by atoms with Crippen molar-refractivity contribution < 1.29 is 0 Å². The van der Waals surface area contributed by atoms with Gasteiger partial charge in [0.1, 0.15) is 17.8 Å². The predicted octanol–water partition coefficient (Wildman–Crippen LogP) is 3.51. The van der Waals surface area contributed by atoms with Crippen LogP contribution in [-0.2, 0) is 0 Å². The summed E-state index contributed by atoms with van der Waals surface area (Å²) in [5.74, 6) is 0.785. The molecule has 0 atom stereocenters. The molecule has 0 bridgehead atoms. The third kappa shape index (κ3) is 2.52. The fraction of sp³-hybridized carbons (Fsp3) is 0.333. The number of hydrogen-bond acceptors (Lipinski definition) is 5. The minimum Gasteiger partial charge on any atom is -0.362 e. The second-order valence-corrected chi connectivity index (χ2v) is 6.18. The lowest BCUT2D eigenvalue weighted by atomic mass is 9.99. The standard InChI is InChI=1S/C18H23N5/c1-6-13-10-14(21-16-8-9-19-11-20-16)15(7-2)23-17(13)12(3)22-18(23,4)5/h7-11,22H,3,6H2,1-2,4-5H3,(H,19,20,21)/b15-7-. The third-order valence-corrected chi connectivity index (χ3v) is 4.16. The van der Waals surface area contributed by atoms with Crippen LogP contribution in [0.1, 0.15) is 34.1 Å². The molecule has 0 unspecified atom stereocenters. The maximum atomic E-state index is 4.27. The molecule has 2 N–H and O–H groups in total. The Labute approximate surface area is 137 Å². The van der Waals surface area contributed by atoms with Crippen LogP contribution in [0.5, 0.6) is 0 Å². The zero-order valence-electron chi connectivity index (χ0n) is 14.1. The van der Waals surface area contributed by atoms with Crippen LogP contribution in [0, 0.1) is 0 Å². The Morgan fingerprint density at radius 3 is 2.83 bits per heavy atom. The summed E-state index contributed by atoms with van der Waals surface area (Å²) in [7, 11) is 0. The number of rotatable bonds is 3. The number of aromatic nitrogens is 2. The molecule has 120 valence electrons. The van der Waals surface area contributed by atoms with E-state index in [1.165, 1.54) is 11.3 Å². The average Bonchev–Trinajstić information content (AvgIpc) is 2.77. The van der Waals surface area contributed by atoms with Crippen molar-refractivity contribution in [3.63, 3.8) is 0 Å². The predicted molar refractivity (Wildman–Crippen MR) is 93.0 cm³/mol. The van der Waals surface area contributed by atoms with Gasteiger partial charge < -0.3 is 15.5 Å². The molecule has 5 nitrogen and oxygen atoms in total. The number of allylic oxidation sites excluding steroid dienone is 3. The quantitative estimate of drug-likeness (QED) is 0.895. The molecule has 1 aromatic rings. The van der Waals surface area contributed by atoms with Crippen LogP contribution < -0.4 is 10.6 Å². The van der Waals surface area contributed by atoms with Gasteiger partial charge in [0.25, 0.3) is 0 Å². The van der Waals surface area contributed by atoms with Crippen LogP contribution in [0.25, 0.3) is 0 Å². The van der Waals surface area contributed by atoms with E-state index >= 15 is 0 Å². The molecule has 1 aromatic heterocycles. The van der Waals surface area contributed by atoms with Gasteiger partial charge in [-0.1, -0.05) is 19.6 Å². The molecule has 1 fully saturated rings. The lowest BCUT2D eigenvalue weighted by Crippen LogP contribution is -2.46. The average molecular weight is 309 g/mol. The molecule has 0 aliphatic carbocycles. The first-order chi connectivity index (χ1) is 11.0. The Kier molecular flexibility index (Phi) is 3.72. The van der Waals surface area contributed by atoms with Gasteiger partial charge in [0.15, 0.2) is 0 Å². The molecule has 2 aliphatic rings. The summed E-state index contributed by atoms with van der Waals surface area (Å²) in [5.41, 5.74) is 5.35. The van der Waals surface area contributed by atoms with E-state index < -0.39 is 0 Å². The fourth-order valence-electron chi connectivity index (χ4n) is 3.25. The lowest BCUT2D eigenvalue weighted by molar-refractivity contribution is 0.231. The number of nitrogens with one attached hydrogen (secondary N) is 2. The first kappa shape index (κ1) is 15.3. The summed E-state index contributed by atoms with van der Waals surface area (Å²) in [6.07, 6.45) is 8.53. The van der Waals surface area contributed by atoms with Gasteiger partial charge >= 0.3 is 0 Å². The molecule has 2 aliphatic heterocycles. The van der Waals surface area contributed by atoms with Gasteiger partial charge in [-0.25, -0.2) is 9.97 Å². The van der Waals surface area contributed by atoms with E-state index in [1.54, 1.807) is 12.5 Å². The van der Waals surface area contributed by atoms with E-state index in [1.807, 2.05) is 6.07 Å². The lowest BCUT2D eigenvalue weighted by Gasteiger charge is -2.39. The zero-order chi connectivity index (χ0) is 16.6. The highest BCUT2D eigenvalue weighted by atomic mass is 15.4. The molecule has 23 heavy (non-hydrogen) atoms. The topological polar surface area (TPSA) is 53.1 Å². The molecule has 5 heteroatoms. The van der Waals surface area contributed by atoms with E-state index in [9.17, 15) is 0 Å². The van der Waals surface area contributed by atoms with Gasteiger partial charge in [0, 0.05) is 6.20 Å². The highest BCUT2D eigenvalue weighted by molar-refractivity contribution is 5.59. The van der Waals surface area contributed by atoms with E-state index in [4.69, 9.17) is 0 Å². The van der Waals surface area contributed by atoms with Crippen LogP contribution >= 0.6 is 0 Å². The largest absolute Gasteiger partial charge is 0.362 e. The van der Waals surface area contributed by atoms with E-state index in [0.717, 1.165) is 29.3 Å². The third-order valence-electron chi connectivity index (χ3n) is 4.16. The van der Waals surface area contributed by atoms with Gasteiger partial charge in [-0.2, -0.15) is 0 Å². The van der Waals surface area contributed by atoms with Crippen molar-refractivity contribution in [2.24, 2.45) is 0 Å². The maximum Gasteiger partial charge on any atom is 0.133 e. The van der Waals surface area contributed by atoms with Crippen LogP contribution in [0.15, 0.2) is 65.7 Å². The molecule has 0 radical (unpaired) electrons. The number of nitrogens with zero attached hydrogens (tertiary/aromatic N) is 3. The highest BCUT2D eigenvalue weighted by Gasteiger charge is 2.42. The normalized spacial score (nSPS) is 21.2. The van der Waals surface area contributed by atoms with Crippen molar-refractivity contribution in [3.8, 4) is 0 Å². The van der Waals surface area contributed by atoms with Crippen LogP contribution in [0.3, 0.4) is 0 Å². The molecule has 0 amide bonds. The first-order valence-electron chi connectivity index (χ1n) is 7.90. The summed E-state index contributed by atoms with van der Waals surface area (Å²) in [4.78, 5) is 10.6. The van der Waals surface area contributed by atoms with Gasteiger partial charge in [-0.15, -0.1) is 0 Å². The minimum atomic E-state index is -0.221. The smallest absolute Gasteiger partial charge is 0.133 e. The van der Waals surface area contributed by atoms with E-state index in [2.05, 4.69) is 71.9 Å². The Morgan fingerprint density at radius 2 is 2.22 bits per heavy atom. The molecule has 0 aromatic carbocycles. The van der Waals surface area contributed by atoms with Crippen molar-refractivity contribution in [2.45, 2.75) is 39.8 Å². The first-order valence-corrected chi connectivity index (χ1v) is 7.90. The van der Waals surface area contributed by atoms with Gasteiger partial charge in [-0.3, -0.25) is 0 Å². The maximum absolute atomic E-state index is 4.27. The van der Waals surface area contributed by atoms with Crippen molar-refractivity contribution in [2.75, 3.05) is 5.32 Å². The molecular weight excluding hydrogens is 286 g/mol. The van der Waals surface area contributed by atoms with E-state index in [-0.39, 0.29) is 5.66 Å². The summed E-state index contributed by atoms with van der Waals surface area (Å²) in [5, 5.41) is 6.91. The molecule has 0 spiro atoms. The summed E-state index contributed by atoms with van der Waals surface area (Å²) in [6.45, 7) is 12.7. The Bertz CT molecular complexity index is 725. The van der Waals surface area contributed by atoms with Crippen LogP contribution in [0.4, 0.5) is 5.82 Å². The number of anilines is 1. The van der Waals surface area contributed by atoms with Gasteiger partial charge in [0.05, 0.1) is 22.8 Å². The summed E-state index contributed by atoms with van der Waals surface area (Å²) >= 11 is 0. The molecule has 1 saturated heterocycles. The van der Waals surface area contributed by atoms with Crippen molar-refractivity contribution >= 4 is 5.82 Å². The van der Waals surface area contributed by atoms with Gasteiger partial charge in [-0.05, 0) is 44.9 Å². The van der Waals surface area contributed by atoms with Gasteiger partial charge in [0.2, 0.25) is 0 Å². The molecule has 0 saturated carbocycles. The Morgan fingerprint density at radius 1 is 1.43 bits per heavy atom. The van der Waals surface area contributed by atoms with Crippen LogP contribution in [0.2, 0.25) is 0 Å². The zero-order valence-corrected chi connectivity index (χ0v) is 14.1. The fourth-order valence-corrected chi connectivity index (χ4v) is 3.25. The second kappa shape index (κ2) is 5.57. The Balaban J connectivity index is 2.09. The van der Waals surface area contributed by atoms with Crippen molar-refractivity contribution in [1.29, 1.82) is 0 Å². The van der Waals surface area contributed by atoms with E-state index in [0.29, 0.717) is 0 Å². The minimum absolute atomic E-state index is 0.221. The highest BCUT2D eigenvalue weighted by Crippen LogP contribution is 2.42. The second-order valence-electron chi connectivity index (χ2n) is 6.18. The monoisotopic (exact) mass is 309 g/mol. The van der Waals surface area contributed by atoms with Crippen molar-refractivity contribution in [3.05, 3.63) is 65.7 Å². The number of hydrogen-bond donors (Lipinski definition) is 2. The van der Waals surface area contributed by atoms with Crippen LogP contribution in [-0.4, -0.2) is 20.5 Å². The summed E-state index contributed by atoms with van der Waals surface area (Å²) in [6, 6.07) is 1.87. The molecular formula is C18H23N5. The summed E-state index contributed by atoms with van der Waals surface area (Å²) < 4.78 is 0. The number of fused-ring (bicyclic) bond motifs is 1. The molecule has 3 rings (SSSR count). The van der Waals surface area contributed by atoms with Crippen molar-refractivity contribution in [1.82, 2.24) is 20.2 Å². The SMILES string of the molecule is C=C1NC(C)(C)N2C1=C(CC)C=C(Nc1ccncn1)/C2=C/C.